The Morgan fingerprint density at radius 1 is 0.516 bits per heavy atom. The van der Waals surface area contributed by atoms with Crippen LogP contribution in [0.1, 0.15) is 222 Å². The minimum Gasteiger partial charge on any atom is -0.393 e. The average Bonchev–Trinajstić information content (AvgIpc) is 3.75. The largest absolute Gasteiger partial charge is 0.393 e. The van der Waals surface area contributed by atoms with Gasteiger partial charge in [-0.2, -0.15) is 0 Å². The smallest absolute Gasteiger partial charge is 0.0583 e. The molecular weight excluding hydrogens is 753 g/mol. The van der Waals surface area contributed by atoms with Gasteiger partial charge in [-0.1, -0.05) is 192 Å². The summed E-state index contributed by atoms with van der Waals surface area (Å²) in [5.41, 5.74) is 9.38. The first-order valence-electron chi connectivity index (χ1n) is 27.1. The predicted molar refractivity (Wildman–Crippen MR) is 268 cm³/mol. The van der Waals surface area contributed by atoms with Crippen molar-refractivity contribution in [2.45, 2.75) is 235 Å². The molecule has 350 valence electrons. The molecule has 0 spiro atoms. The zero-order valence-corrected chi connectivity index (χ0v) is 41.9. The van der Waals surface area contributed by atoms with Crippen LogP contribution in [-0.2, 0) is 0 Å². The van der Waals surface area contributed by atoms with Crippen LogP contribution in [0, 0.1) is 70.0 Å². The van der Waals surface area contributed by atoms with Crippen LogP contribution in [0.2, 0.25) is 0 Å². The molecule has 12 atom stereocenters. The monoisotopic (exact) mass is 851 g/mol. The molecule has 2 nitrogen and oxygen atoms in total. The van der Waals surface area contributed by atoms with E-state index in [1.165, 1.54) is 151 Å². The summed E-state index contributed by atoms with van der Waals surface area (Å²) in [5, 5.41) is 21.0. The van der Waals surface area contributed by atoms with Gasteiger partial charge in [0, 0.05) is 0 Å². The summed E-state index contributed by atoms with van der Waals surface area (Å²) < 4.78 is 0. The summed E-state index contributed by atoms with van der Waals surface area (Å²) >= 11 is 0. The molecule has 0 amide bonds. The van der Waals surface area contributed by atoms with Crippen LogP contribution in [-0.4, -0.2) is 22.4 Å². The van der Waals surface area contributed by atoms with Crippen molar-refractivity contribution in [1.82, 2.24) is 0 Å². The molecule has 0 aromatic carbocycles. The molecule has 2 N–H and O–H groups in total. The molecule has 6 fully saturated rings. The molecule has 0 radical (unpaired) electrons. The lowest BCUT2D eigenvalue weighted by atomic mass is 9.57. The van der Waals surface area contributed by atoms with E-state index in [0.717, 1.165) is 97.7 Å². The maximum absolute atomic E-state index is 10.5. The number of hydrogen-bond acceptors (Lipinski definition) is 2. The van der Waals surface area contributed by atoms with Crippen molar-refractivity contribution in [2.75, 3.05) is 0 Å². The highest BCUT2D eigenvalue weighted by Crippen LogP contribution is 2.63. The quantitative estimate of drug-likeness (QED) is 0.127. The molecule has 0 heterocycles. The second-order valence-electron chi connectivity index (χ2n) is 24.5. The fraction of sp³-hybridized carbons (Fsp3) is 0.800. The van der Waals surface area contributed by atoms with Crippen LogP contribution in [0.25, 0.3) is 0 Å². The van der Waals surface area contributed by atoms with Gasteiger partial charge in [0.15, 0.2) is 0 Å². The maximum atomic E-state index is 10.5. The number of aliphatic hydroxyl groups is 2. The van der Waals surface area contributed by atoms with E-state index in [4.69, 9.17) is 0 Å². The van der Waals surface area contributed by atoms with Crippen LogP contribution < -0.4 is 0 Å². The Hall–Kier alpha value is -1.64. The minimum atomic E-state index is -0.206. The maximum Gasteiger partial charge on any atom is 0.0583 e. The van der Waals surface area contributed by atoms with Crippen molar-refractivity contribution in [3.05, 3.63) is 70.9 Å². The van der Waals surface area contributed by atoms with Crippen molar-refractivity contribution in [1.29, 1.82) is 0 Å². The second kappa shape index (κ2) is 22.7. The Bertz CT molecular complexity index is 1480. The first-order chi connectivity index (χ1) is 29.6. The lowest BCUT2D eigenvalue weighted by molar-refractivity contribution is 0.0618. The van der Waals surface area contributed by atoms with Crippen molar-refractivity contribution >= 4 is 0 Å². The van der Waals surface area contributed by atoms with E-state index < -0.39 is 0 Å². The van der Waals surface area contributed by atoms with Crippen molar-refractivity contribution < 1.29 is 10.2 Å². The minimum absolute atomic E-state index is 0.206. The molecule has 0 aromatic rings. The van der Waals surface area contributed by atoms with E-state index in [-0.39, 0.29) is 12.2 Å². The Kier molecular flexibility index (Phi) is 18.2. The number of rotatable bonds is 19. The number of hydrogen-bond donors (Lipinski definition) is 2. The van der Waals surface area contributed by atoms with Crippen LogP contribution in [0.15, 0.2) is 70.9 Å². The fourth-order valence-electron chi connectivity index (χ4n) is 15.4. The number of fused-ring (bicyclic) bond motifs is 2. The average molecular weight is 851 g/mol. The Labute approximate surface area is 384 Å². The van der Waals surface area contributed by atoms with E-state index in [9.17, 15) is 10.2 Å². The van der Waals surface area contributed by atoms with Crippen molar-refractivity contribution in [3.8, 4) is 0 Å². The number of aliphatic hydroxyl groups excluding tert-OH is 2. The topological polar surface area (TPSA) is 40.5 Å². The Morgan fingerprint density at radius 2 is 0.919 bits per heavy atom. The van der Waals surface area contributed by atoms with Gasteiger partial charge in [-0.15, -0.1) is 0 Å². The zero-order valence-electron chi connectivity index (χ0n) is 41.9. The normalized spacial score (nSPS) is 37.9. The van der Waals surface area contributed by atoms with E-state index in [0.29, 0.717) is 10.8 Å². The van der Waals surface area contributed by atoms with Crippen LogP contribution in [0.4, 0.5) is 0 Å². The third kappa shape index (κ3) is 12.6. The molecule has 0 aliphatic heterocycles. The predicted octanol–water partition coefficient (Wildman–Crippen LogP) is 17.0. The fourth-order valence-corrected chi connectivity index (χ4v) is 15.4. The molecule has 6 saturated carbocycles. The van der Waals surface area contributed by atoms with Crippen LogP contribution >= 0.6 is 0 Å². The molecule has 6 aliphatic rings. The van der Waals surface area contributed by atoms with Crippen LogP contribution in [0.5, 0.6) is 0 Å². The highest BCUT2D eigenvalue weighted by Gasteiger charge is 2.54. The third-order valence-corrected chi connectivity index (χ3v) is 18.8. The van der Waals surface area contributed by atoms with Gasteiger partial charge >= 0.3 is 0 Å². The number of allylic oxidation sites excluding steroid dienone is 8. The second-order valence-corrected chi connectivity index (χ2v) is 24.5. The van der Waals surface area contributed by atoms with Gasteiger partial charge in [-0.25, -0.2) is 0 Å². The zero-order chi connectivity index (χ0) is 44.6. The summed E-state index contributed by atoms with van der Waals surface area (Å²) in [6.07, 6.45) is 42.2. The molecule has 2 heteroatoms. The SMILES string of the molecule is C=C1CC[C@H](O)C/C1=C/C=C1\C[C@H](CCCCCC[C@H]2C/C(=C\C=C3/C[C@@H](O)CCC3=C)[C@@H]3CC[C@H]([C@H](C)CCCC(C)C)[C@@]3(C)C2)C[C@]2(C)[C@@H]([C@H](C)CCCC(C)C)CC[C@@H]12. The van der Waals surface area contributed by atoms with Crippen LogP contribution in [0.3, 0.4) is 0 Å². The van der Waals surface area contributed by atoms with Gasteiger partial charge in [0.2, 0.25) is 0 Å². The molecule has 0 aromatic heterocycles. The van der Waals surface area contributed by atoms with Gasteiger partial charge < -0.3 is 10.2 Å². The molecule has 6 aliphatic carbocycles. The summed E-state index contributed by atoms with van der Waals surface area (Å²) in [6.45, 7) is 29.0. The van der Waals surface area contributed by atoms with Crippen molar-refractivity contribution in [2.24, 2.45) is 70.0 Å². The van der Waals surface area contributed by atoms with E-state index in [1.807, 2.05) is 0 Å². The lowest BCUT2D eigenvalue weighted by Gasteiger charge is -2.48. The molecule has 6 rings (SSSR count). The van der Waals surface area contributed by atoms with Gasteiger partial charge in [-0.05, 0) is 171 Å². The van der Waals surface area contributed by atoms with Crippen molar-refractivity contribution in [3.63, 3.8) is 0 Å². The lowest BCUT2D eigenvalue weighted by Crippen LogP contribution is -2.39. The molecule has 0 saturated heterocycles. The van der Waals surface area contributed by atoms with Gasteiger partial charge in [0.05, 0.1) is 12.2 Å². The van der Waals surface area contributed by atoms with Gasteiger partial charge in [0.25, 0.3) is 0 Å². The Morgan fingerprint density at radius 3 is 1.31 bits per heavy atom. The van der Waals surface area contributed by atoms with E-state index in [1.54, 1.807) is 11.1 Å². The highest BCUT2D eigenvalue weighted by molar-refractivity contribution is 5.38. The Balaban J connectivity index is 1.08. The molecule has 0 unspecified atom stereocenters. The summed E-state index contributed by atoms with van der Waals surface area (Å²) in [4.78, 5) is 0. The first kappa shape index (κ1) is 49.8. The van der Waals surface area contributed by atoms with Gasteiger partial charge in [-0.3, -0.25) is 0 Å². The van der Waals surface area contributed by atoms with Gasteiger partial charge in [0.1, 0.15) is 0 Å². The summed E-state index contributed by atoms with van der Waals surface area (Å²) in [5.74, 6) is 7.95. The molecule has 62 heavy (non-hydrogen) atoms. The third-order valence-electron chi connectivity index (χ3n) is 18.8. The standard InChI is InChI=1S/C60H98O2/c1-41(2)17-15-19-45(7)55-31-33-57-51(27-25-49-37-53(61)29-23-43(49)5)35-47(39-59(55,57)9)21-13-11-12-14-22-48-36-52(28-26-50-38-54(62)30-24-44(50)6)58-34-32-56(60(58,10)40-48)46(8)20-16-18-42(3)4/h25-28,41-42,45-48,53-58,61-62H,5-6,11-24,29-40H2,1-4,7-10H3/b49-25-,50-26+,51-27+,52-28+/t45-,46-,47+,48+,53+,54+,55-,56-,57+,58+,59-,60-/m1/s1. The van der Waals surface area contributed by atoms with E-state index in [2.05, 4.69) is 92.9 Å². The van der Waals surface area contributed by atoms with E-state index >= 15 is 0 Å². The summed E-state index contributed by atoms with van der Waals surface area (Å²) in [7, 11) is 0. The number of unbranched alkanes of at least 4 members (excludes halogenated alkanes) is 3. The summed E-state index contributed by atoms with van der Waals surface area (Å²) in [6, 6.07) is 0. The first-order valence-corrected chi connectivity index (χ1v) is 27.1. The highest BCUT2D eigenvalue weighted by atomic mass is 16.3. The molecule has 0 bridgehead atoms. The molecular formula is C60H98O2.